The van der Waals surface area contributed by atoms with Crippen LogP contribution >= 0.6 is 11.6 Å². The van der Waals surface area contributed by atoms with Gasteiger partial charge in [-0.1, -0.05) is 23.7 Å². The van der Waals surface area contributed by atoms with Gasteiger partial charge in [-0.2, -0.15) is 0 Å². The molecule has 3 rings (SSSR count). The Kier molecular flexibility index (Phi) is 11.1. The zero-order chi connectivity index (χ0) is 31.0. The van der Waals surface area contributed by atoms with Gasteiger partial charge in [0.25, 0.3) is 10.0 Å². The van der Waals surface area contributed by atoms with Gasteiger partial charge in [0.05, 0.1) is 31.9 Å². The van der Waals surface area contributed by atoms with E-state index in [1.807, 2.05) is 13.8 Å². The van der Waals surface area contributed by atoms with E-state index in [4.69, 9.17) is 25.8 Å². The molecule has 0 unspecified atom stereocenters. The van der Waals surface area contributed by atoms with E-state index in [0.717, 1.165) is 9.87 Å². The highest BCUT2D eigenvalue weighted by Gasteiger charge is 2.33. The predicted molar refractivity (Wildman–Crippen MR) is 162 cm³/mol. The van der Waals surface area contributed by atoms with Crippen molar-refractivity contribution in [3.05, 3.63) is 77.3 Å². The summed E-state index contributed by atoms with van der Waals surface area (Å²) in [6, 6.07) is 16.3. The quantitative estimate of drug-likeness (QED) is 0.300. The first-order chi connectivity index (χ1) is 19.9. The van der Waals surface area contributed by atoms with Crippen molar-refractivity contribution < 1.29 is 32.2 Å². The molecule has 0 bridgehead atoms. The SMILES string of the molecule is COc1ccc(CN(C(=O)CN(c2ccc(Cl)cc2)S(=O)(=O)c2ccc(OC)c(OC)c2)[C@@H](C)C(=O)NC(C)C)cc1. The maximum absolute atomic E-state index is 14.1. The van der Waals surface area contributed by atoms with Gasteiger partial charge in [-0.15, -0.1) is 0 Å². The van der Waals surface area contributed by atoms with Gasteiger partial charge < -0.3 is 24.4 Å². The summed E-state index contributed by atoms with van der Waals surface area (Å²) in [7, 11) is 0.0805. The molecule has 2 amide bonds. The fraction of sp³-hybridized carbons (Fsp3) is 0.333. The van der Waals surface area contributed by atoms with Crippen molar-refractivity contribution in [1.29, 1.82) is 0 Å². The highest BCUT2D eigenvalue weighted by atomic mass is 35.5. The van der Waals surface area contributed by atoms with E-state index in [0.29, 0.717) is 16.5 Å². The molecule has 1 N–H and O–H groups in total. The number of halogens is 1. The number of nitrogens with zero attached hydrogens (tertiary/aromatic N) is 2. The van der Waals surface area contributed by atoms with Crippen LogP contribution in [0.5, 0.6) is 17.2 Å². The van der Waals surface area contributed by atoms with Crippen molar-refractivity contribution in [3.8, 4) is 17.2 Å². The van der Waals surface area contributed by atoms with E-state index in [2.05, 4.69) is 5.32 Å². The number of benzene rings is 3. The highest BCUT2D eigenvalue weighted by molar-refractivity contribution is 7.92. The summed E-state index contributed by atoms with van der Waals surface area (Å²) in [5.41, 5.74) is 0.945. The van der Waals surface area contributed by atoms with E-state index in [1.165, 1.54) is 61.6 Å². The number of anilines is 1. The molecule has 3 aromatic rings. The smallest absolute Gasteiger partial charge is 0.264 e. The molecule has 0 aliphatic rings. The molecule has 12 heteroatoms. The molecule has 0 saturated heterocycles. The molecule has 0 aliphatic heterocycles. The minimum absolute atomic E-state index is 0.0559. The van der Waals surface area contributed by atoms with Crippen LogP contribution in [0.2, 0.25) is 5.02 Å². The third-order valence-electron chi connectivity index (χ3n) is 6.45. The first-order valence-corrected chi connectivity index (χ1v) is 15.0. The van der Waals surface area contributed by atoms with Gasteiger partial charge in [-0.25, -0.2) is 8.42 Å². The summed E-state index contributed by atoms with van der Waals surface area (Å²) in [6.45, 7) is 4.71. The summed E-state index contributed by atoms with van der Waals surface area (Å²) in [5.74, 6) is 0.239. The Labute approximate surface area is 252 Å². The first-order valence-electron chi connectivity index (χ1n) is 13.1. The second kappa shape index (κ2) is 14.3. The van der Waals surface area contributed by atoms with E-state index < -0.39 is 28.5 Å². The molecule has 0 fully saturated rings. The van der Waals surface area contributed by atoms with Crippen molar-refractivity contribution in [2.45, 2.75) is 44.3 Å². The van der Waals surface area contributed by atoms with Gasteiger partial charge >= 0.3 is 0 Å². The molecule has 0 aliphatic carbocycles. The molecule has 42 heavy (non-hydrogen) atoms. The lowest BCUT2D eigenvalue weighted by molar-refractivity contribution is -0.139. The van der Waals surface area contributed by atoms with Crippen LogP contribution in [0.25, 0.3) is 0 Å². The second-order valence-electron chi connectivity index (χ2n) is 9.71. The lowest BCUT2D eigenvalue weighted by Gasteiger charge is -2.32. The fourth-order valence-electron chi connectivity index (χ4n) is 4.16. The molecule has 0 aromatic heterocycles. The van der Waals surface area contributed by atoms with Crippen LogP contribution in [0.3, 0.4) is 0 Å². The molecule has 226 valence electrons. The lowest BCUT2D eigenvalue weighted by Crippen LogP contribution is -2.52. The van der Waals surface area contributed by atoms with Crippen LogP contribution in [-0.4, -0.2) is 65.1 Å². The summed E-state index contributed by atoms with van der Waals surface area (Å²) in [4.78, 5) is 28.3. The fourth-order valence-corrected chi connectivity index (χ4v) is 5.71. The van der Waals surface area contributed by atoms with Crippen molar-refractivity contribution in [2.24, 2.45) is 0 Å². The van der Waals surface area contributed by atoms with Crippen LogP contribution in [-0.2, 0) is 26.2 Å². The number of rotatable bonds is 13. The van der Waals surface area contributed by atoms with Gasteiger partial charge in [0.15, 0.2) is 11.5 Å². The predicted octanol–water partition coefficient (Wildman–Crippen LogP) is 4.50. The molecule has 0 heterocycles. The maximum Gasteiger partial charge on any atom is 0.264 e. The Morgan fingerprint density at radius 2 is 1.48 bits per heavy atom. The molecular weight excluding hydrogens is 582 g/mol. The number of carbonyl (C=O) groups excluding carboxylic acids is 2. The van der Waals surface area contributed by atoms with Gasteiger partial charge in [0.2, 0.25) is 11.8 Å². The van der Waals surface area contributed by atoms with Crippen LogP contribution < -0.4 is 23.8 Å². The molecule has 0 spiro atoms. The van der Waals surface area contributed by atoms with E-state index in [9.17, 15) is 18.0 Å². The number of methoxy groups -OCH3 is 3. The Bertz CT molecular complexity index is 1480. The molecular formula is C30H36ClN3O7S. The molecule has 3 aromatic carbocycles. The van der Waals surface area contributed by atoms with Crippen LogP contribution in [0.15, 0.2) is 71.6 Å². The van der Waals surface area contributed by atoms with E-state index in [-0.39, 0.29) is 34.8 Å². The Hall–Kier alpha value is -3.96. The second-order valence-corrected chi connectivity index (χ2v) is 12.0. The lowest BCUT2D eigenvalue weighted by atomic mass is 10.1. The van der Waals surface area contributed by atoms with Gasteiger partial charge in [0, 0.05) is 23.7 Å². The summed E-state index contributed by atoms with van der Waals surface area (Å²) < 4.78 is 44.9. The van der Waals surface area contributed by atoms with Crippen LogP contribution in [0.4, 0.5) is 5.69 Å². The number of sulfonamides is 1. The number of hydrogen-bond acceptors (Lipinski definition) is 7. The number of hydrogen-bond donors (Lipinski definition) is 1. The summed E-state index contributed by atoms with van der Waals surface area (Å²) in [6.07, 6.45) is 0. The average Bonchev–Trinajstić information content (AvgIpc) is 2.98. The minimum Gasteiger partial charge on any atom is -0.497 e. The molecule has 0 saturated carbocycles. The van der Waals surface area contributed by atoms with Gasteiger partial charge in [0.1, 0.15) is 18.3 Å². The van der Waals surface area contributed by atoms with Crippen molar-refractivity contribution >= 4 is 39.1 Å². The molecule has 10 nitrogen and oxygen atoms in total. The van der Waals surface area contributed by atoms with E-state index >= 15 is 0 Å². The van der Waals surface area contributed by atoms with Crippen LogP contribution in [0.1, 0.15) is 26.3 Å². The topological polar surface area (TPSA) is 114 Å². The van der Waals surface area contributed by atoms with Crippen molar-refractivity contribution in [2.75, 3.05) is 32.2 Å². The molecule has 1 atom stereocenters. The molecule has 0 radical (unpaired) electrons. The average molecular weight is 618 g/mol. The third-order valence-corrected chi connectivity index (χ3v) is 8.47. The number of ether oxygens (including phenoxy) is 3. The normalized spacial score (nSPS) is 11.9. The highest BCUT2D eigenvalue weighted by Crippen LogP contribution is 2.32. The van der Waals surface area contributed by atoms with Gasteiger partial charge in [-0.05, 0) is 74.9 Å². The Morgan fingerprint density at radius 1 is 0.857 bits per heavy atom. The first kappa shape index (κ1) is 32.6. The number of carbonyl (C=O) groups is 2. The third kappa shape index (κ3) is 7.86. The van der Waals surface area contributed by atoms with Gasteiger partial charge in [-0.3, -0.25) is 13.9 Å². The zero-order valence-corrected chi connectivity index (χ0v) is 26.0. The van der Waals surface area contributed by atoms with Crippen LogP contribution in [0, 0.1) is 0 Å². The van der Waals surface area contributed by atoms with Crippen molar-refractivity contribution in [3.63, 3.8) is 0 Å². The van der Waals surface area contributed by atoms with Crippen molar-refractivity contribution in [1.82, 2.24) is 10.2 Å². The maximum atomic E-state index is 14.1. The summed E-state index contributed by atoms with van der Waals surface area (Å²) >= 11 is 6.08. The monoisotopic (exact) mass is 617 g/mol. The zero-order valence-electron chi connectivity index (χ0n) is 24.5. The number of nitrogens with one attached hydrogen (secondary N) is 1. The minimum atomic E-state index is -4.31. The largest absolute Gasteiger partial charge is 0.497 e. The Morgan fingerprint density at radius 3 is 2.02 bits per heavy atom. The van der Waals surface area contributed by atoms with E-state index in [1.54, 1.807) is 38.3 Å². The standard InChI is InChI=1S/C30H36ClN3O7S/c1-20(2)32-30(36)21(3)33(18-22-7-13-25(39-4)14-8-22)29(35)19-34(24-11-9-23(31)10-12-24)42(37,38)26-15-16-27(40-5)28(17-26)41-6/h7-17,20-21H,18-19H2,1-6H3,(H,32,36)/t21-/m0/s1. The summed E-state index contributed by atoms with van der Waals surface area (Å²) in [5, 5.41) is 3.22. The Balaban J connectivity index is 2.06. The number of amides is 2.